The Balaban J connectivity index is 3.33. The van der Waals surface area contributed by atoms with E-state index in [4.69, 9.17) is 14.6 Å². The number of ether oxygens (including phenoxy) is 2. The van der Waals surface area contributed by atoms with Crippen LogP contribution in [0.2, 0.25) is 0 Å². The molecule has 0 aliphatic heterocycles. The predicted molar refractivity (Wildman–Crippen MR) is 73.2 cm³/mol. The fraction of sp³-hybridized carbons (Fsp3) is 0.600. The molecule has 3 nitrogen and oxygen atoms in total. The van der Waals surface area contributed by atoms with Crippen molar-refractivity contribution in [3.8, 4) is 5.75 Å². The Kier molecular flexibility index (Phi) is 5.17. The van der Waals surface area contributed by atoms with Crippen LogP contribution >= 0.6 is 0 Å². The lowest BCUT2D eigenvalue weighted by Gasteiger charge is -2.23. The molecule has 0 fully saturated rings. The lowest BCUT2D eigenvalue weighted by atomic mass is 9.84. The highest BCUT2D eigenvalue weighted by Crippen LogP contribution is 2.32. The second kappa shape index (κ2) is 6.21. The van der Waals surface area contributed by atoms with Crippen molar-refractivity contribution in [2.45, 2.75) is 39.2 Å². The molecule has 0 aliphatic carbocycles. The summed E-state index contributed by atoms with van der Waals surface area (Å²) < 4.78 is 10.7. The van der Waals surface area contributed by atoms with Crippen molar-refractivity contribution in [3.05, 3.63) is 28.8 Å². The molecule has 0 aliphatic rings. The number of hydrogen-bond donors (Lipinski definition) is 1. The summed E-state index contributed by atoms with van der Waals surface area (Å²) in [5.74, 6) is 0.832. The monoisotopic (exact) mass is 252 g/mol. The van der Waals surface area contributed by atoms with E-state index in [1.165, 1.54) is 5.56 Å². The maximum atomic E-state index is 9.17. The molecular formula is C15H24O3. The summed E-state index contributed by atoms with van der Waals surface area (Å²) in [4.78, 5) is 0. The first-order chi connectivity index (χ1) is 8.43. The van der Waals surface area contributed by atoms with Gasteiger partial charge >= 0.3 is 0 Å². The van der Waals surface area contributed by atoms with Crippen molar-refractivity contribution >= 4 is 0 Å². The molecule has 0 unspecified atom stereocenters. The highest BCUT2D eigenvalue weighted by Gasteiger charge is 2.19. The number of benzene rings is 1. The topological polar surface area (TPSA) is 38.7 Å². The van der Waals surface area contributed by atoms with E-state index >= 15 is 0 Å². The van der Waals surface area contributed by atoms with Crippen molar-refractivity contribution in [2.24, 2.45) is 0 Å². The first-order valence-electron chi connectivity index (χ1n) is 6.24. The standard InChI is InChI=1S/C15H24O3/c1-15(2,3)13-8-11(6-7-16)14(18-5)12(9-13)10-17-4/h8-9,16H,6-7,10H2,1-5H3. The zero-order valence-electron chi connectivity index (χ0n) is 12.0. The summed E-state index contributed by atoms with van der Waals surface area (Å²) in [6, 6.07) is 4.25. The van der Waals surface area contributed by atoms with E-state index in [0.29, 0.717) is 13.0 Å². The molecule has 0 atom stereocenters. The molecule has 0 radical (unpaired) electrons. The third kappa shape index (κ3) is 3.47. The second-order valence-corrected chi connectivity index (χ2v) is 5.48. The van der Waals surface area contributed by atoms with Gasteiger partial charge in [-0.3, -0.25) is 0 Å². The van der Waals surface area contributed by atoms with E-state index < -0.39 is 0 Å². The van der Waals surface area contributed by atoms with Gasteiger partial charge in [0, 0.05) is 19.3 Å². The first kappa shape index (κ1) is 15.0. The fourth-order valence-electron chi connectivity index (χ4n) is 2.02. The molecule has 18 heavy (non-hydrogen) atoms. The molecule has 0 amide bonds. The Hall–Kier alpha value is -1.06. The van der Waals surface area contributed by atoms with Crippen molar-refractivity contribution < 1.29 is 14.6 Å². The summed E-state index contributed by atoms with van der Waals surface area (Å²) >= 11 is 0. The fourth-order valence-corrected chi connectivity index (χ4v) is 2.02. The molecule has 3 heteroatoms. The third-order valence-corrected chi connectivity index (χ3v) is 2.99. The zero-order valence-corrected chi connectivity index (χ0v) is 12.0. The van der Waals surface area contributed by atoms with Gasteiger partial charge in [0.2, 0.25) is 0 Å². The average molecular weight is 252 g/mol. The van der Waals surface area contributed by atoms with Crippen LogP contribution in [0.5, 0.6) is 5.75 Å². The van der Waals surface area contributed by atoms with Crippen molar-refractivity contribution in [2.75, 3.05) is 20.8 Å². The molecule has 1 N–H and O–H groups in total. The van der Waals surface area contributed by atoms with Gasteiger partial charge in [-0.25, -0.2) is 0 Å². The van der Waals surface area contributed by atoms with Crippen molar-refractivity contribution in [1.82, 2.24) is 0 Å². The maximum absolute atomic E-state index is 9.17. The average Bonchev–Trinajstić information content (AvgIpc) is 2.28. The summed E-state index contributed by atoms with van der Waals surface area (Å²) in [5, 5.41) is 9.17. The number of aliphatic hydroxyl groups is 1. The van der Waals surface area contributed by atoms with E-state index in [9.17, 15) is 0 Å². The van der Waals surface area contributed by atoms with E-state index in [0.717, 1.165) is 16.9 Å². The highest BCUT2D eigenvalue weighted by atomic mass is 16.5. The van der Waals surface area contributed by atoms with Gasteiger partial charge in [-0.1, -0.05) is 26.8 Å². The van der Waals surface area contributed by atoms with Crippen LogP contribution < -0.4 is 4.74 Å². The van der Waals surface area contributed by atoms with Gasteiger partial charge in [0.25, 0.3) is 0 Å². The Morgan fingerprint density at radius 1 is 1.11 bits per heavy atom. The van der Waals surface area contributed by atoms with E-state index in [-0.39, 0.29) is 12.0 Å². The van der Waals surface area contributed by atoms with Crippen LogP contribution in [0.1, 0.15) is 37.5 Å². The Morgan fingerprint density at radius 2 is 1.72 bits per heavy atom. The van der Waals surface area contributed by atoms with Crippen LogP contribution in [0.3, 0.4) is 0 Å². The Morgan fingerprint density at radius 3 is 2.17 bits per heavy atom. The molecular weight excluding hydrogens is 228 g/mol. The number of hydrogen-bond acceptors (Lipinski definition) is 3. The van der Waals surface area contributed by atoms with Gasteiger partial charge in [-0.2, -0.15) is 0 Å². The van der Waals surface area contributed by atoms with Gasteiger partial charge in [0.15, 0.2) is 0 Å². The van der Waals surface area contributed by atoms with E-state index in [1.54, 1.807) is 14.2 Å². The quantitative estimate of drug-likeness (QED) is 0.875. The summed E-state index contributed by atoms with van der Waals surface area (Å²) in [6.45, 7) is 7.16. The molecule has 0 saturated carbocycles. The molecule has 0 bridgehead atoms. The largest absolute Gasteiger partial charge is 0.496 e. The Labute approximate surface area is 110 Å². The molecule has 0 spiro atoms. The normalized spacial score (nSPS) is 11.7. The van der Waals surface area contributed by atoms with Crippen molar-refractivity contribution in [1.29, 1.82) is 0 Å². The molecule has 1 rings (SSSR count). The van der Waals surface area contributed by atoms with E-state index in [1.807, 2.05) is 0 Å². The van der Waals surface area contributed by atoms with Crippen LogP contribution in [0.25, 0.3) is 0 Å². The lowest BCUT2D eigenvalue weighted by Crippen LogP contribution is -2.13. The van der Waals surface area contributed by atoms with Gasteiger partial charge < -0.3 is 14.6 Å². The van der Waals surface area contributed by atoms with Crippen LogP contribution in [0, 0.1) is 0 Å². The zero-order chi connectivity index (χ0) is 13.8. The second-order valence-electron chi connectivity index (χ2n) is 5.48. The predicted octanol–water partition coefficient (Wildman–Crippen LogP) is 2.67. The molecule has 1 aromatic carbocycles. The molecule has 0 aromatic heterocycles. The summed E-state index contributed by atoms with van der Waals surface area (Å²) in [6.07, 6.45) is 0.601. The lowest BCUT2D eigenvalue weighted by molar-refractivity contribution is 0.181. The van der Waals surface area contributed by atoms with Crippen LogP contribution in [0.15, 0.2) is 12.1 Å². The third-order valence-electron chi connectivity index (χ3n) is 2.99. The number of rotatable bonds is 5. The van der Waals surface area contributed by atoms with E-state index in [2.05, 4.69) is 32.9 Å². The maximum Gasteiger partial charge on any atom is 0.127 e. The summed E-state index contributed by atoms with van der Waals surface area (Å²) in [5.41, 5.74) is 3.38. The van der Waals surface area contributed by atoms with Gasteiger partial charge in [-0.05, 0) is 29.0 Å². The minimum atomic E-state index is 0.0684. The summed E-state index contributed by atoms with van der Waals surface area (Å²) in [7, 11) is 3.33. The molecule has 102 valence electrons. The minimum absolute atomic E-state index is 0.0684. The SMILES string of the molecule is COCc1cc(C(C)(C)C)cc(CCO)c1OC. The van der Waals surface area contributed by atoms with Gasteiger partial charge in [0.1, 0.15) is 5.75 Å². The number of aliphatic hydroxyl groups excluding tert-OH is 1. The minimum Gasteiger partial charge on any atom is -0.496 e. The van der Waals surface area contributed by atoms with Crippen LogP contribution in [-0.4, -0.2) is 25.9 Å². The first-order valence-corrected chi connectivity index (χ1v) is 6.24. The van der Waals surface area contributed by atoms with Gasteiger partial charge in [-0.15, -0.1) is 0 Å². The van der Waals surface area contributed by atoms with Gasteiger partial charge in [0.05, 0.1) is 13.7 Å². The smallest absolute Gasteiger partial charge is 0.127 e. The molecule has 0 saturated heterocycles. The molecule has 1 aromatic rings. The number of methoxy groups -OCH3 is 2. The van der Waals surface area contributed by atoms with Crippen molar-refractivity contribution in [3.63, 3.8) is 0 Å². The molecule has 0 heterocycles. The Bertz CT molecular complexity index is 364. The van der Waals surface area contributed by atoms with Crippen LogP contribution in [-0.2, 0) is 23.2 Å². The van der Waals surface area contributed by atoms with Crippen LogP contribution in [0.4, 0.5) is 0 Å². The highest BCUT2D eigenvalue weighted by molar-refractivity contribution is 5.46.